The Bertz CT molecular complexity index is 597. The summed E-state index contributed by atoms with van der Waals surface area (Å²) >= 11 is 0. The Kier molecular flexibility index (Phi) is 3.62. The van der Waals surface area contributed by atoms with Crippen molar-refractivity contribution in [2.45, 2.75) is 31.0 Å². The predicted octanol–water partition coefficient (Wildman–Crippen LogP) is 1.02. The van der Waals surface area contributed by atoms with Crippen LogP contribution in [-0.2, 0) is 11.0 Å². The summed E-state index contributed by atoms with van der Waals surface area (Å²) in [6.45, 7) is 0. The maximum atomic E-state index is 12.9. The first kappa shape index (κ1) is 15.2. The minimum Gasteiger partial charge on any atom is -0.364 e. The SMILES string of the molecule is NC(=O)c1ncc(NC(=O)C2(N)CCC2)cc1C(F)(F)F. The number of nitrogens with two attached hydrogens (primary N) is 2. The normalized spacial score (nSPS) is 17.0. The van der Waals surface area contributed by atoms with Gasteiger partial charge < -0.3 is 16.8 Å². The molecule has 1 aliphatic rings. The number of nitrogens with one attached hydrogen (secondary N) is 1. The van der Waals surface area contributed by atoms with Crippen molar-refractivity contribution in [1.82, 2.24) is 4.98 Å². The Balaban J connectivity index is 2.30. The van der Waals surface area contributed by atoms with E-state index in [1.807, 2.05) is 0 Å². The predicted molar refractivity (Wildman–Crippen MR) is 67.2 cm³/mol. The van der Waals surface area contributed by atoms with E-state index in [4.69, 9.17) is 11.5 Å². The molecule has 1 aliphatic carbocycles. The summed E-state index contributed by atoms with van der Waals surface area (Å²) in [6, 6.07) is 0.618. The highest BCUT2D eigenvalue weighted by molar-refractivity contribution is 5.99. The molecule has 1 heterocycles. The van der Waals surface area contributed by atoms with E-state index < -0.39 is 34.8 Å². The molecule has 1 saturated carbocycles. The number of carbonyl (C=O) groups is 2. The Hall–Kier alpha value is -2.16. The molecule has 6 nitrogen and oxygen atoms in total. The Labute approximate surface area is 117 Å². The maximum Gasteiger partial charge on any atom is 0.418 e. The van der Waals surface area contributed by atoms with E-state index in [-0.39, 0.29) is 5.69 Å². The fourth-order valence-corrected chi connectivity index (χ4v) is 1.99. The molecular weight excluding hydrogens is 289 g/mol. The number of aromatic nitrogens is 1. The van der Waals surface area contributed by atoms with E-state index in [0.29, 0.717) is 18.9 Å². The second kappa shape index (κ2) is 4.99. The Morgan fingerprint density at radius 2 is 1.95 bits per heavy atom. The van der Waals surface area contributed by atoms with Gasteiger partial charge >= 0.3 is 6.18 Å². The monoisotopic (exact) mass is 302 g/mol. The van der Waals surface area contributed by atoms with Crippen LogP contribution < -0.4 is 16.8 Å². The lowest BCUT2D eigenvalue weighted by Crippen LogP contribution is -2.56. The van der Waals surface area contributed by atoms with Gasteiger partial charge in [0.2, 0.25) is 5.91 Å². The summed E-state index contributed by atoms with van der Waals surface area (Å²) in [6.07, 6.45) is -2.14. The quantitative estimate of drug-likeness (QED) is 0.774. The number of halogens is 3. The summed E-state index contributed by atoms with van der Waals surface area (Å²) in [7, 11) is 0. The average molecular weight is 302 g/mol. The van der Waals surface area contributed by atoms with Crippen LogP contribution in [-0.4, -0.2) is 22.3 Å². The van der Waals surface area contributed by atoms with Crippen molar-refractivity contribution in [2.75, 3.05) is 5.32 Å². The van der Waals surface area contributed by atoms with E-state index in [1.165, 1.54) is 0 Å². The second-order valence-electron chi connectivity index (χ2n) is 4.95. The van der Waals surface area contributed by atoms with Crippen LogP contribution in [0.15, 0.2) is 12.3 Å². The number of pyridine rings is 1. The smallest absolute Gasteiger partial charge is 0.364 e. The number of anilines is 1. The number of hydrogen-bond acceptors (Lipinski definition) is 4. The lowest BCUT2D eigenvalue weighted by Gasteiger charge is -2.36. The standard InChI is InChI=1S/C12H13F3N4O2/c13-12(14,15)7-4-6(5-18-8(7)9(16)20)19-10(21)11(17)2-1-3-11/h4-5H,1-3,17H2,(H2,16,20)(H,19,21). The van der Waals surface area contributed by atoms with Gasteiger partial charge in [0.25, 0.3) is 5.91 Å². The van der Waals surface area contributed by atoms with Crippen LogP contribution in [0.5, 0.6) is 0 Å². The molecule has 1 aromatic rings. The van der Waals surface area contributed by atoms with Crippen LogP contribution >= 0.6 is 0 Å². The molecule has 2 amide bonds. The van der Waals surface area contributed by atoms with Gasteiger partial charge in [-0.15, -0.1) is 0 Å². The molecule has 21 heavy (non-hydrogen) atoms. The lowest BCUT2D eigenvalue weighted by atomic mass is 9.77. The van der Waals surface area contributed by atoms with E-state index in [1.54, 1.807) is 0 Å². The largest absolute Gasteiger partial charge is 0.418 e. The molecule has 0 aliphatic heterocycles. The number of primary amides is 1. The van der Waals surface area contributed by atoms with E-state index in [2.05, 4.69) is 10.3 Å². The fraction of sp³-hybridized carbons (Fsp3) is 0.417. The third-order valence-corrected chi connectivity index (χ3v) is 3.38. The topological polar surface area (TPSA) is 111 Å². The van der Waals surface area contributed by atoms with Crippen LogP contribution in [0.3, 0.4) is 0 Å². The minimum absolute atomic E-state index is 0.186. The lowest BCUT2D eigenvalue weighted by molar-refractivity contribution is -0.138. The highest BCUT2D eigenvalue weighted by Gasteiger charge is 2.41. The molecule has 0 atom stereocenters. The van der Waals surface area contributed by atoms with E-state index in [0.717, 1.165) is 12.6 Å². The minimum atomic E-state index is -4.81. The molecule has 1 fully saturated rings. The number of carbonyl (C=O) groups excluding carboxylic acids is 2. The number of amides is 2. The zero-order valence-corrected chi connectivity index (χ0v) is 10.8. The fourth-order valence-electron chi connectivity index (χ4n) is 1.99. The van der Waals surface area contributed by atoms with Crippen LogP contribution in [0.25, 0.3) is 0 Å². The molecule has 0 bridgehead atoms. The van der Waals surface area contributed by atoms with Crippen molar-refractivity contribution in [3.8, 4) is 0 Å². The van der Waals surface area contributed by atoms with Crippen LogP contribution in [0.4, 0.5) is 18.9 Å². The van der Waals surface area contributed by atoms with E-state index >= 15 is 0 Å². The molecular formula is C12H13F3N4O2. The Morgan fingerprint density at radius 1 is 1.33 bits per heavy atom. The summed E-state index contributed by atoms with van der Waals surface area (Å²) in [5.41, 5.74) is 7.18. The molecule has 2 rings (SSSR count). The maximum absolute atomic E-state index is 12.9. The number of alkyl halides is 3. The Morgan fingerprint density at radius 3 is 2.38 bits per heavy atom. The van der Waals surface area contributed by atoms with Crippen molar-refractivity contribution in [3.63, 3.8) is 0 Å². The molecule has 0 saturated heterocycles. The number of rotatable bonds is 3. The summed E-state index contributed by atoms with van der Waals surface area (Å²) in [4.78, 5) is 26.2. The van der Waals surface area contributed by atoms with Gasteiger partial charge in [0.05, 0.1) is 23.0 Å². The molecule has 114 valence electrons. The van der Waals surface area contributed by atoms with Gasteiger partial charge in [-0.05, 0) is 25.3 Å². The van der Waals surface area contributed by atoms with Gasteiger partial charge in [-0.25, -0.2) is 4.98 Å². The zero-order chi connectivity index (χ0) is 15.8. The van der Waals surface area contributed by atoms with Gasteiger partial charge in [0, 0.05) is 0 Å². The molecule has 0 spiro atoms. The molecule has 1 aromatic heterocycles. The third-order valence-electron chi connectivity index (χ3n) is 3.38. The van der Waals surface area contributed by atoms with Crippen molar-refractivity contribution < 1.29 is 22.8 Å². The van der Waals surface area contributed by atoms with Gasteiger partial charge in [-0.1, -0.05) is 0 Å². The molecule has 0 radical (unpaired) electrons. The first-order valence-electron chi connectivity index (χ1n) is 6.11. The van der Waals surface area contributed by atoms with Gasteiger partial charge in [0.15, 0.2) is 0 Å². The first-order chi connectivity index (χ1) is 9.63. The molecule has 5 N–H and O–H groups in total. The molecule has 0 aromatic carbocycles. The van der Waals surface area contributed by atoms with E-state index in [9.17, 15) is 22.8 Å². The van der Waals surface area contributed by atoms with Crippen molar-refractivity contribution in [3.05, 3.63) is 23.5 Å². The zero-order valence-electron chi connectivity index (χ0n) is 10.8. The van der Waals surface area contributed by atoms with Crippen LogP contribution in [0.2, 0.25) is 0 Å². The second-order valence-corrected chi connectivity index (χ2v) is 4.95. The van der Waals surface area contributed by atoms with Crippen molar-refractivity contribution in [2.24, 2.45) is 11.5 Å². The molecule has 9 heteroatoms. The van der Waals surface area contributed by atoms with Crippen LogP contribution in [0, 0.1) is 0 Å². The van der Waals surface area contributed by atoms with Gasteiger partial charge in [-0.3, -0.25) is 9.59 Å². The molecule has 0 unspecified atom stereocenters. The summed E-state index contributed by atoms with van der Waals surface area (Å²) < 4.78 is 38.6. The van der Waals surface area contributed by atoms with Gasteiger partial charge in [-0.2, -0.15) is 13.2 Å². The summed E-state index contributed by atoms with van der Waals surface area (Å²) in [5.74, 6) is -1.87. The van der Waals surface area contributed by atoms with Gasteiger partial charge in [0.1, 0.15) is 5.69 Å². The third kappa shape index (κ3) is 2.97. The number of nitrogens with zero attached hydrogens (tertiary/aromatic N) is 1. The van der Waals surface area contributed by atoms with Crippen molar-refractivity contribution >= 4 is 17.5 Å². The highest BCUT2D eigenvalue weighted by atomic mass is 19.4. The number of hydrogen-bond donors (Lipinski definition) is 3. The van der Waals surface area contributed by atoms with Crippen LogP contribution in [0.1, 0.15) is 35.3 Å². The summed E-state index contributed by atoms with van der Waals surface area (Å²) in [5, 5.41) is 2.28. The average Bonchev–Trinajstić information content (AvgIpc) is 2.34. The van der Waals surface area contributed by atoms with Crippen molar-refractivity contribution in [1.29, 1.82) is 0 Å². The first-order valence-corrected chi connectivity index (χ1v) is 6.11. The highest BCUT2D eigenvalue weighted by Crippen LogP contribution is 2.34.